The van der Waals surface area contributed by atoms with Crippen molar-refractivity contribution in [1.29, 1.82) is 0 Å². The molecule has 0 aliphatic carbocycles. The fourth-order valence-electron chi connectivity index (χ4n) is 3.01. The molecule has 0 spiro atoms. The summed E-state index contributed by atoms with van der Waals surface area (Å²) in [4.78, 5) is 26.7. The second-order valence-electron chi connectivity index (χ2n) is 7.21. The number of amides is 2. The highest BCUT2D eigenvalue weighted by molar-refractivity contribution is 5.98. The van der Waals surface area contributed by atoms with Crippen molar-refractivity contribution in [1.82, 2.24) is 4.90 Å². The second kappa shape index (κ2) is 12.4. The number of para-hydroxylation sites is 1. The Balaban J connectivity index is 2.05. The van der Waals surface area contributed by atoms with E-state index < -0.39 is 0 Å². The first-order valence-electron chi connectivity index (χ1n) is 10.6. The van der Waals surface area contributed by atoms with Gasteiger partial charge in [0.1, 0.15) is 6.54 Å². The van der Waals surface area contributed by atoms with E-state index in [1.165, 1.54) is 6.08 Å². The number of aryl methyl sites for hydroxylation is 1. The van der Waals surface area contributed by atoms with Crippen molar-refractivity contribution in [3.63, 3.8) is 0 Å². The van der Waals surface area contributed by atoms with Crippen LogP contribution in [0.15, 0.2) is 48.5 Å². The number of anilines is 1. The quantitative estimate of drug-likeness (QED) is 0.532. The van der Waals surface area contributed by atoms with Crippen LogP contribution in [-0.2, 0) is 9.59 Å². The van der Waals surface area contributed by atoms with Gasteiger partial charge in [-0.3, -0.25) is 9.59 Å². The van der Waals surface area contributed by atoms with Crippen LogP contribution in [0.25, 0.3) is 6.08 Å². The Bertz CT molecular complexity index is 908. The molecule has 6 heteroatoms. The van der Waals surface area contributed by atoms with Crippen molar-refractivity contribution in [2.24, 2.45) is 0 Å². The molecule has 2 amide bonds. The van der Waals surface area contributed by atoms with Crippen molar-refractivity contribution in [2.45, 2.75) is 33.6 Å². The van der Waals surface area contributed by atoms with E-state index in [-0.39, 0.29) is 18.4 Å². The maximum atomic E-state index is 12.7. The maximum absolute atomic E-state index is 12.7. The van der Waals surface area contributed by atoms with Crippen LogP contribution in [0.2, 0.25) is 0 Å². The Hall–Kier alpha value is -3.28. The number of hydrogen-bond acceptors (Lipinski definition) is 4. The number of hydrogen-bond donors (Lipinski definition) is 1. The number of ether oxygens (including phenoxy) is 2. The average Bonchev–Trinajstić information content (AvgIpc) is 2.77. The summed E-state index contributed by atoms with van der Waals surface area (Å²) in [5.74, 6) is 0.857. The molecule has 0 radical (unpaired) electrons. The first-order valence-corrected chi connectivity index (χ1v) is 10.6. The van der Waals surface area contributed by atoms with Gasteiger partial charge in [-0.1, -0.05) is 38.1 Å². The molecule has 0 heterocycles. The number of carbonyl (C=O) groups excluding carboxylic acids is 2. The maximum Gasteiger partial charge on any atom is 0.247 e. The van der Waals surface area contributed by atoms with E-state index in [0.29, 0.717) is 24.7 Å². The lowest BCUT2D eigenvalue weighted by molar-refractivity contribution is -0.130. The standard InChI is InChI=1S/C25H32N2O4/c1-5-15-27(18-24(28)26-21-10-8-7-9-19(21)3)25(29)14-12-20-11-13-22(31-16-6-2)23(17-20)30-4/h7-14,17H,5-6,15-16,18H2,1-4H3,(H,26,28)/b14-12+. The minimum absolute atomic E-state index is 0.00152. The molecular formula is C25H32N2O4. The van der Waals surface area contributed by atoms with Crippen molar-refractivity contribution in [3.8, 4) is 11.5 Å². The highest BCUT2D eigenvalue weighted by Crippen LogP contribution is 2.28. The van der Waals surface area contributed by atoms with E-state index in [0.717, 1.165) is 29.7 Å². The SMILES string of the molecule is CCCOc1ccc(/C=C/C(=O)N(CCC)CC(=O)Nc2ccccc2C)cc1OC. The zero-order valence-corrected chi connectivity index (χ0v) is 18.8. The molecule has 6 nitrogen and oxygen atoms in total. The first kappa shape index (κ1) is 24.0. The summed E-state index contributed by atoms with van der Waals surface area (Å²) in [5.41, 5.74) is 2.55. The molecular weight excluding hydrogens is 392 g/mol. The normalized spacial score (nSPS) is 10.7. The fraction of sp³-hybridized carbons (Fsp3) is 0.360. The third-order valence-electron chi connectivity index (χ3n) is 4.63. The molecule has 0 fully saturated rings. The van der Waals surface area contributed by atoms with Crippen LogP contribution < -0.4 is 14.8 Å². The highest BCUT2D eigenvalue weighted by Gasteiger charge is 2.15. The van der Waals surface area contributed by atoms with Gasteiger partial charge in [0.15, 0.2) is 11.5 Å². The molecule has 2 aromatic rings. The largest absolute Gasteiger partial charge is 0.493 e. The van der Waals surface area contributed by atoms with E-state index >= 15 is 0 Å². The molecule has 0 aliphatic rings. The van der Waals surface area contributed by atoms with Crippen molar-refractivity contribution in [3.05, 3.63) is 59.7 Å². The fourth-order valence-corrected chi connectivity index (χ4v) is 3.01. The Labute approximate surface area is 184 Å². The highest BCUT2D eigenvalue weighted by atomic mass is 16.5. The van der Waals surface area contributed by atoms with Crippen LogP contribution in [0, 0.1) is 6.92 Å². The molecule has 31 heavy (non-hydrogen) atoms. The van der Waals surface area contributed by atoms with Gasteiger partial charge in [-0.25, -0.2) is 0 Å². The topological polar surface area (TPSA) is 67.9 Å². The number of carbonyl (C=O) groups is 2. The molecule has 0 aliphatic heterocycles. The Morgan fingerprint density at radius 2 is 1.84 bits per heavy atom. The molecule has 0 atom stereocenters. The Morgan fingerprint density at radius 1 is 1.06 bits per heavy atom. The van der Waals surface area contributed by atoms with Gasteiger partial charge in [0.2, 0.25) is 11.8 Å². The molecule has 2 aromatic carbocycles. The Morgan fingerprint density at radius 3 is 2.52 bits per heavy atom. The molecule has 1 N–H and O–H groups in total. The Kier molecular flexibility index (Phi) is 9.62. The van der Waals surface area contributed by atoms with Crippen molar-refractivity contribution in [2.75, 3.05) is 32.1 Å². The number of nitrogens with one attached hydrogen (secondary N) is 1. The van der Waals surface area contributed by atoms with Crippen LogP contribution in [0.5, 0.6) is 11.5 Å². The smallest absolute Gasteiger partial charge is 0.247 e. The average molecular weight is 425 g/mol. The summed E-state index contributed by atoms with van der Waals surface area (Å²) in [5, 5.41) is 2.88. The van der Waals surface area contributed by atoms with Gasteiger partial charge in [-0.15, -0.1) is 0 Å². The van der Waals surface area contributed by atoms with E-state index in [9.17, 15) is 9.59 Å². The summed E-state index contributed by atoms with van der Waals surface area (Å²) >= 11 is 0. The lowest BCUT2D eigenvalue weighted by atomic mass is 10.2. The molecule has 2 rings (SSSR count). The second-order valence-corrected chi connectivity index (χ2v) is 7.21. The van der Waals surface area contributed by atoms with Gasteiger partial charge >= 0.3 is 0 Å². The minimum Gasteiger partial charge on any atom is -0.493 e. The van der Waals surface area contributed by atoms with Crippen LogP contribution in [0.4, 0.5) is 5.69 Å². The lowest BCUT2D eigenvalue weighted by Crippen LogP contribution is -2.37. The predicted octanol–water partition coefficient (Wildman–Crippen LogP) is 4.68. The van der Waals surface area contributed by atoms with Crippen LogP contribution >= 0.6 is 0 Å². The first-order chi connectivity index (χ1) is 15.0. The van der Waals surface area contributed by atoms with Gasteiger partial charge in [0, 0.05) is 18.3 Å². The van der Waals surface area contributed by atoms with E-state index in [2.05, 4.69) is 5.32 Å². The third-order valence-corrected chi connectivity index (χ3v) is 4.63. The van der Waals surface area contributed by atoms with Gasteiger partial charge in [-0.2, -0.15) is 0 Å². The molecule has 0 aromatic heterocycles. The number of rotatable bonds is 11. The van der Waals surface area contributed by atoms with E-state index in [1.54, 1.807) is 18.1 Å². The van der Waals surface area contributed by atoms with E-state index in [1.807, 2.05) is 63.2 Å². The molecule has 166 valence electrons. The monoisotopic (exact) mass is 424 g/mol. The molecule has 0 saturated heterocycles. The van der Waals surface area contributed by atoms with Crippen LogP contribution in [0.1, 0.15) is 37.8 Å². The van der Waals surface area contributed by atoms with Gasteiger partial charge in [0.25, 0.3) is 0 Å². The van der Waals surface area contributed by atoms with E-state index in [4.69, 9.17) is 9.47 Å². The third kappa shape index (κ3) is 7.48. The van der Waals surface area contributed by atoms with Crippen LogP contribution in [-0.4, -0.2) is 43.5 Å². The zero-order valence-electron chi connectivity index (χ0n) is 18.8. The van der Waals surface area contributed by atoms with Crippen LogP contribution in [0.3, 0.4) is 0 Å². The number of benzene rings is 2. The summed E-state index contributed by atoms with van der Waals surface area (Å²) < 4.78 is 11.0. The summed E-state index contributed by atoms with van der Waals surface area (Å²) in [6, 6.07) is 13.1. The van der Waals surface area contributed by atoms with Gasteiger partial charge in [0.05, 0.1) is 13.7 Å². The molecule has 0 bridgehead atoms. The minimum atomic E-state index is -0.219. The lowest BCUT2D eigenvalue weighted by Gasteiger charge is -2.20. The predicted molar refractivity (Wildman–Crippen MR) is 124 cm³/mol. The summed E-state index contributed by atoms with van der Waals surface area (Å²) in [6.07, 6.45) is 4.87. The van der Waals surface area contributed by atoms with Gasteiger partial charge in [-0.05, 0) is 55.2 Å². The van der Waals surface area contributed by atoms with Gasteiger partial charge < -0.3 is 19.7 Å². The number of methoxy groups -OCH3 is 1. The zero-order chi connectivity index (χ0) is 22.6. The molecule has 0 unspecified atom stereocenters. The molecule has 0 saturated carbocycles. The summed E-state index contributed by atoms with van der Waals surface area (Å²) in [7, 11) is 1.59. The summed E-state index contributed by atoms with van der Waals surface area (Å²) in [6.45, 7) is 7.05. The van der Waals surface area contributed by atoms with Crippen molar-refractivity contribution < 1.29 is 19.1 Å². The number of nitrogens with zero attached hydrogens (tertiary/aromatic N) is 1. The van der Waals surface area contributed by atoms with Crippen molar-refractivity contribution >= 4 is 23.6 Å².